The lowest BCUT2D eigenvalue weighted by molar-refractivity contribution is -0.137. The van der Waals surface area contributed by atoms with Crippen molar-refractivity contribution in [3.8, 4) is 5.75 Å². The van der Waals surface area contributed by atoms with Gasteiger partial charge in [0.15, 0.2) is 0 Å². The number of ether oxygens (including phenoxy) is 1. The maximum atomic E-state index is 14.0. The summed E-state index contributed by atoms with van der Waals surface area (Å²) >= 11 is 6.23. The van der Waals surface area contributed by atoms with Crippen LogP contribution in [0.2, 0.25) is 5.02 Å². The van der Waals surface area contributed by atoms with E-state index in [1.54, 1.807) is 12.1 Å². The molecule has 2 aliphatic rings. The van der Waals surface area contributed by atoms with E-state index in [0.717, 1.165) is 36.1 Å². The molecule has 1 spiro atoms. The highest BCUT2D eigenvalue weighted by molar-refractivity contribution is 6.30. The minimum atomic E-state index is -1.06. The van der Waals surface area contributed by atoms with Crippen molar-refractivity contribution in [3.05, 3.63) is 64.7 Å². The molecule has 3 amide bonds. The van der Waals surface area contributed by atoms with Gasteiger partial charge < -0.3 is 26.0 Å². The zero-order chi connectivity index (χ0) is 30.1. The molecule has 1 saturated carbocycles. The lowest BCUT2D eigenvalue weighted by Gasteiger charge is -2.34. The fourth-order valence-electron chi connectivity index (χ4n) is 5.98. The zero-order valence-electron chi connectivity index (χ0n) is 25.0. The van der Waals surface area contributed by atoms with Crippen LogP contribution in [0.1, 0.15) is 76.3 Å². The number of fused-ring (bicyclic) bond motifs is 1. The fraction of sp³-hybridized carbons (Fsp3) is 0.545. The number of hydrogen-bond acceptors (Lipinski definition) is 5. The van der Waals surface area contributed by atoms with Gasteiger partial charge in [0.25, 0.3) is 0 Å². The first-order valence-corrected chi connectivity index (χ1v) is 15.7. The van der Waals surface area contributed by atoms with Crippen molar-refractivity contribution in [2.45, 2.75) is 89.3 Å². The minimum Gasteiger partial charge on any atom is -0.492 e. The van der Waals surface area contributed by atoms with Crippen LogP contribution in [0.3, 0.4) is 0 Å². The Morgan fingerprint density at radius 1 is 1.02 bits per heavy atom. The van der Waals surface area contributed by atoms with Gasteiger partial charge in [-0.1, -0.05) is 82.0 Å². The predicted octanol–water partition coefficient (Wildman–Crippen LogP) is 4.50. The van der Waals surface area contributed by atoms with Gasteiger partial charge in [-0.05, 0) is 60.4 Å². The average molecular weight is 597 g/mol. The van der Waals surface area contributed by atoms with Gasteiger partial charge in [-0.15, -0.1) is 0 Å². The Morgan fingerprint density at radius 3 is 2.52 bits per heavy atom. The first-order valence-electron chi connectivity index (χ1n) is 15.3. The van der Waals surface area contributed by atoms with E-state index in [1.165, 1.54) is 0 Å². The zero-order valence-corrected chi connectivity index (χ0v) is 25.8. The number of halogens is 1. The fourth-order valence-corrected chi connectivity index (χ4v) is 6.19. The molecular formula is C33H45ClN4O4. The number of amides is 3. The van der Waals surface area contributed by atoms with E-state index in [9.17, 15) is 14.4 Å². The summed E-state index contributed by atoms with van der Waals surface area (Å²) < 4.78 is 6.17. The monoisotopic (exact) mass is 596 g/mol. The average Bonchev–Trinajstić information content (AvgIpc) is 3.45. The van der Waals surface area contributed by atoms with Gasteiger partial charge in [-0.25, -0.2) is 0 Å². The molecule has 4 N–H and O–H groups in total. The Balaban J connectivity index is 1.64. The van der Waals surface area contributed by atoms with E-state index in [4.69, 9.17) is 16.3 Å². The predicted molar refractivity (Wildman–Crippen MR) is 166 cm³/mol. The molecule has 1 aliphatic heterocycles. The quantitative estimate of drug-likeness (QED) is 0.416. The number of nitrogens with one attached hydrogen (secondary N) is 4. The van der Waals surface area contributed by atoms with Crippen LogP contribution in [-0.2, 0) is 20.8 Å². The van der Waals surface area contributed by atoms with Crippen LogP contribution in [0.5, 0.6) is 5.75 Å². The van der Waals surface area contributed by atoms with Crippen LogP contribution in [0.15, 0.2) is 48.5 Å². The third-order valence-corrected chi connectivity index (χ3v) is 8.99. The summed E-state index contributed by atoms with van der Waals surface area (Å²) in [5.74, 6) is 0.206. The van der Waals surface area contributed by atoms with E-state index in [0.29, 0.717) is 44.0 Å². The summed E-state index contributed by atoms with van der Waals surface area (Å²) in [6, 6.07) is 14.0. The van der Waals surface area contributed by atoms with Crippen molar-refractivity contribution in [3.63, 3.8) is 0 Å². The second-order valence-corrected chi connectivity index (χ2v) is 12.3. The maximum Gasteiger partial charge on any atom is 0.246 e. The summed E-state index contributed by atoms with van der Waals surface area (Å²) in [7, 11) is 0. The number of hydrogen-bond donors (Lipinski definition) is 4. The van der Waals surface area contributed by atoms with Crippen molar-refractivity contribution in [1.29, 1.82) is 0 Å². The van der Waals surface area contributed by atoms with E-state index in [-0.39, 0.29) is 36.0 Å². The number of rotatable bonds is 4. The second-order valence-electron chi connectivity index (χ2n) is 11.8. The smallest absolute Gasteiger partial charge is 0.246 e. The molecule has 228 valence electrons. The lowest BCUT2D eigenvalue weighted by Crippen LogP contribution is -2.64. The molecule has 0 saturated heterocycles. The molecule has 9 heteroatoms. The van der Waals surface area contributed by atoms with Gasteiger partial charge in [0.2, 0.25) is 17.7 Å². The molecule has 1 heterocycles. The molecule has 1 fully saturated rings. The summed E-state index contributed by atoms with van der Waals surface area (Å²) in [5.41, 5.74) is 0.846. The second kappa shape index (κ2) is 14.9. The highest BCUT2D eigenvalue weighted by atomic mass is 35.5. The molecule has 0 radical (unpaired) electrons. The van der Waals surface area contributed by atoms with Crippen molar-refractivity contribution < 1.29 is 19.1 Å². The molecule has 8 nitrogen and oxygen atoms in total. The third kappa shape index (κ3) is 8.04. The standard InChI is InChI=1S/C33H45ClN4O4/c1-4-22(2)29-31(40)38-33(15-7-8-16-33)32(41)37-27(21-24-10-9-11-25(34)20-24)30(39)36-17-14-23(3)26-12-5-6-13-28(26)42-19-18-35-29/h5-6,9-13,20,22-23,27,29,35H,4,7-8,14-19,21H2,1-3H3,(H,36,39)(H,37,41)(H,38,40)/t22-,23?,27-,29-/m0/s1. The lowest BCUT2D eigenvalue weighted by atomic mass is 9.92. The molecule has 4 rings (SSSR count). The van der Waals surface area contributed by atoms with E-state index in [1.807, 2.05) is 43.3 Å². The summed E-state index contributed by atoms with van der Waals surface area (Å²) in [4.78, 5) is 41.3. The van der Waals surface area contributed by atoms with Crippen LogP contribution in [-0.4, -0.2) is 55.0 Å². The Bertz CT molecular complexity index is 1230. The van der Waals surface area contributed by atoms with Gasteiger partial charge in [0, 0.05) is 24.5 Å². The van der Waals surface area contributed by atoms with E-state index >= 15 is 0 Å². The molecular weight excluding hydrogens is 552 g/mol. The molecule has 1 aliphatic carbocycles. The Labute approximate surface area is 254 Å². The van der Waals surface area contributed by atoms with Crippen LogP contribution >= 0.6 is 11.6 Å². The summed E-state index contributed by atoms with van der Waals surface area (Å²) in [5, 5.41) is 13.2. The van der Waals surface area contributed by atoms with E-state index < -0.39 is 17.6 Å². The first kappa shape index (κ1) is 31.8. The molecule has 2 aromatic rings. The Kier molecular flexibility index (Phi) is 11.3. The van der Waals surface area contributed by atoms with Gasteiger partial charge in [-0.2, -0.15) is 0 Å². The Morgan fingerprint density at radius 2 is 1.79 bits per heavy atom. The minimum absolute atomic E-state index is 0.0470. The largest absolute Gasteiger partial charge is 0.492 e. The summed E-state index contributed by atoms with van der Waals surface area (Å²) in [6.45, 7) is 7.53. The van der Waals surface area contributed by atoms with Crippen LogP contribution in [0.25, 0.3) is 0 Å². The molecule has 0 bridgehead atoms. The van der Waals surface area contributed by atoms with Crippen LogP contribution in [0, 0.1) is 5.92 Å². The van der Waals surface area contributed by atoms with Crippen LogP contribution in [0.4, 0.5) is 0 Å². The van der Waals surface area contributed by atoms with Crippen molar-refractivity contribution in [2.75, 3.05) is 19.7 Å². The van der Waals surface area contributed by atoms with Gasteiger partial charge in [0.05, 0.1) is 6.04 Å². The molecule has 42 heavy (non-hydrogen) atoms. The first-order chi connectivity index (χ1) is 20.2. The van der Waals surface area contributed by atoms with Crippen molar-refractivity contribution >= 4 is 29.3 Å². The Hall–Kier alpha value is -3.10. The van der Waals surface area contributed by atoms with Gasteiger partial charge in [-0.3, -0.25) is 14.4 Å². The normalized spacial score (nSPS) is 24.8. The number of carbonyl (C=O) groups is 3. The molecule has 0 aromatic heterocycles. The maximum absolute atomic E-state index is 14.0. The number of benzene rings is 2. The number of carbonyl (C=O) groups excluding carboxylic acids is 3. The summed E-state index contributed by atoms with van der Waals surface area (Å²) in [6.07, 6.45) is 4.50. The van der Waals surface area contributed by atoms with Crippen LogP contribution < -0.4 is 26.0 Å². The molecule has 1 unspecified atom stereocenters. The van der Waals surface area contributed by atoms with Crippen molar-refractivity contribution in [2.24, 2.45) is 5.92 Å². The van der Waals surface area contributed by atoms with Crippen molar-refractivity contribution in [1.82, 2.24) is 21.3 Å². The highest BCUT2D eigenvalue weighted by Gasteiger charge is 2.45. The molecule has 2 aromatic carbocycles. The third-order valence-electron chi connectivity index (χ3n) is 8.75. The highest BCUT2D eigenvalue weighted by Crippen LogP contribution is 2.31. The topological polar surface area (TPSA) is 109 Å². The van der Waals surface area contributed by atoms with E-state index in [2.05, 4.69) is 35.1 Å². The molecule has 4 atom stereocenters. The SMILES string of the molecule is CC[C@H](C)[C@@H]1NCCOc2ccccc2C(C)CCNC(=O)[C@H](Cc2cccc(Cl)c2)NC(=O)C2(CCCC2)NC1=O. The van der Waals surface area contributed by atoms with Gasteiger partial charge in [0.1, 0.15) is 23.9 Å². The number of para-hydroxylation sites is 1. The van der Waals surface area contributed by atoms with Gasteiger partial charge >= 0.3 is 0 Å².